The summed E-state index contributed by atoms with van der Waals surface area (Å²) in [5, 5.41) is 2.73. The van der Waals surface area contributed by atoms with Crippen LogP contribution >= 0.6 is 0 Å². The van der Waals surface area contributed by atoms with Crippen LogP contribution in [0.4, 0.5) is 0 Å². The number of rotatable bonds is 0. The maximum Gasteiger partial charge on any atom is 0.294 e. The Kier molecular flexibility index (Phi) is 1.35. The summed E-state index contributed by atoms with van der Waals surface area (Å²) in [5.74, 6) is 0. The molecule has 1 aliphatic rings. The van der Waals surface area contributed by atoms with Gasteiger partial charge in [0.2, 0.25) is 0 Å². The molecule has 42 valence electrons. The molecule has 1 N–H and O–H groups in total. The monoisotopic (exact) mass is 110 g/mol. The molecular weight excluding hydrogens is 104 g/mol. The van der Waals surface area contributed by atoms with Crippen molar-refractivity contribution < 1.29 is 4.74 Å². The quantitative estimate of drug-likeness (QED) is 0.452. The van der Waals surface area contributed by atoms with E-state index in [-0.39, 0.29) is 0 Å². The van der Waals surface area contributed by atoms with Crippen LogP contribution in [0.1, 0.15) is 0 Å². The van der Waals surface area contributed by atoms with Crippen molar-refractivity contribution in [3.05, 3.63) is 18.1 Å². The maximum absolute atomic E-state index is 4.73. The lowest BCUT2D eigenvalue weighted by Crippen LogP contribution is -2.19. The van der Waals surface area contributed by atoms with E-state index in [9.17, 15) is 0 Å². The number of hydrogen-bond donors (Lipinski definition) is 1. The molecule has 3 nitrogen and oxygen atoms in total. The van der Waals surface area contributed by atoms with Gasteiger partial charge in [-0.3, -0.25) is 0 Å². The Bertz CT molecular complexity index is 165. The number of hydrogen-bond acceptors (Lipinski definition) is 3. The summed E-state index contributed by atoms with van der Waals surface area (Å²) in [6.07, 6.45) is 3.17. The Balaban J connectivity index is 2.63. The Morgan fingerprint density at radius 3 is 3.12 bits per heavy atom. The molecule has 1 heterocycles. The van der Waals surface area contributed by atoms with Crippen molar-refractivity contribution in [1.82, 2.24) is 5.32 Å². The largest absolute Gasteiger partial charge is 0.468 e. The van der Waals surface area contributed by atoms with Crippen molar-refractivity contribution >= 4 is 6.02 Å². The molecule has 0 atom stereocenters. The predicted molar refractivity (Wildman–Crippen MR) is 30.2 cm³/mol. The summed E-state index contributed by atoms with van der Waals surface area (Å²) in [6, 6.07) is 0.503. The van der Waals surface area contributed by atoms with Crippen molar-refractivity contribution in [1.29, 1.82) is 0 Å². The lowest BCUT2D eigenvalue weighted by Gasteiger charge is -2.01. The summed E-state index contributed by atoms with van der Waals surface area (Å²) in [4.78, 5) is 3.76. The first kappa shape index (κ1) is 4.94. The molecule has 0 aliphatic carbocycles. The van der Waals surface area contributed by atoms with Gasteiger partial charge in [0.1, 0.15) is 0 Å². The minimum absolute atomic E-state index is 0.503. The van der Waals surface area contributed by atoms with E-state index in [4.69, 9.17) is 4.74 Å². The van der Waals surface area contributed by atoms with Gasteiger partial charge in [0.05, 0.1) is 13.3 Å². The highest BCUT2D eigenvalue weighted by molar-refractivity contribution is 5.75. The molecule has 0 aromatic heterocycles. The lowest BCUT2D eigenvalue weighted by atomic mass is 10.7. The highest BCUT2D eigenvalue weighted by Gasteiger charge is 1.90. The summed E-state index contributed by atoms with van der Waals surface area (Å²) in [6.45, 7) is 0. The van der Waals surface area contributed by atoms with Crippen LogP contribution in [0.25, 0.3) is 0 Å². The second kappa shape index (κ2) is 2.19. The molecule has 0 bridgehead atoms. The van der Waals surface area contributed by atoms with Gasteiger partial charge in [-0.15, -0.1) is 0 Å². The number of nitrogens with one attached hydrogen (secondary N) is 1. The van der Waals surface area contributed by atoms with Gasteiger partial charge < -0.3 is 10.1 Å². The van der Waals surface area contributed by atoms with Gasteiger partial charge in [0, 0.05) is 6.20 Å². The second-order valence-corrected chi connectivity index (χ2v) is 1.22. The Hall–Kier alpha value is -1.21. The van der Waals surface area contributed by atoms with Crippen LogP contribution < -0.4 is 5.32 Å². The zero-order chi connectivity index (χ0) is 5.82. The Morgan fingerprint density at radius 2 is 2.75 bits per heavy atom. The zero-order valence-corrected chi connectivity index (χ0v) is 4.51. The Labute approximate surface area is 47.4 Å². The van der Waals surface area contributed by atoms with Crippen LogP contribution in [-0.4, -0.2) is 13.1 Å². The third-order valence-electron chi connectivity index (χ3n) is 0.729. The average molecular weight is 110 g/mol. The van der Waals surface area contributed by atoms with Gasteiger partial charge in [-0.1, -0.05) is 5.73 Å². The van der Waals surface area contributed by atoms with Crippen LogP contribution in [-0.2, 0) is 4.74 Å². The third kappa shape index (κ3) is 0.891. The first-order valence-corrected chi connectivity index (χ1v) is 2.21. The molecule has 0 aromatic carbocycles. The van der Waals surface area contributed by atoms with Gasteiger partial charge in [0.15, 0.2) is 0 Å². The first-order chi connectivity index (χ1) is 3.93. The van der Waals surface area contributed by atoms with E-state index >= 15 is 0 Å². The number of amidine groups is 1. The van der Waals surface area contributed by atoms with Crippen molar-refractivity contribution in [3.63, 3.8) is 0 Å². The molecule has 8 heavy (non-hydrogen) atoms. The molecule has 0 saturated heterocycles. The van der Waals surface area contributed by atoms with Crippen LogP contribution in [0.3, 0.4) is 0 Å². The van der Waals surface area contributed by atoms with Crippen LogP contribution in [0.15, 0.2) is 23.1 Å². The summed E-state index contributed by atoms with van der Waals surface area (Å²) in [5.41, 5.74) is 2.72. The molecule has 0 saturated carbocycles. The smallest absolute Gasteiger partial charge is 0.294 e. The molecule has 3 heteroatoms. The van der Waals surface area contributed by atoms with Crippen molar-refractivity contribution in [2.24, 2.45) is 4.99 Å². The molecule has 0 amide bonds. The zero-order valence-electron chi connectivity index (χ0n) is 4.51. The normalized spacial score (nSPS) is 14.9. The first-order valence-electron chi connectivity index (χ1n) is 2.21. The highest BCUT2D eigenvalue weighted by atomic mass is 16.5. The van der Waals surface area contributed by atoms with E-state index < -0.39 is 0 Å². The molecule has 0 unspecified atom stereocenters. The maximum atomic E-state index is 4.73. The van der Waals surface area contributed by atoms with E-state index in [0.29, 0.717) is 6.02 Å². The van der Waals surface area contributed by atoms with E-state index in [1.807, 2.05) is 0 Å². The van der Waals surface area contributed by atoms with Crippen LogP contribution in [0.2, 0.25) is 0 Å². The fourth-order valence-electron chi connectivity index (χ4n) is 0.385. The molecule has 1 rings (SSSR count). The second-order valence-electron chi connectivity index (χ2n) is 1.22. The van der Waals surface area contributed by atoms with Crippen molar-refractivity contribution in [3.8, 4) is 0 Å². The van der Waals surface area contributed by atoms with E-state index in [1.165, 1.54) is 6.20 Å². The molecular formula is C5H6N2O. The van der Waals surface area contributed by atoms with E-state index in [0.717, 1.165) is 0 Å². The number of aliphatic imine (C=N–C) groups is 1. The average Bonchev–Trinajstić information content (AvgIpc) is 1.90. The fourth-order valence-corrected chi connectivity index (χ4v) is 0.385. The predicted octanol–water partition coefficient (Wildman–Crippen LogP) is 0.218. The molecule has 0 aromatic rings. The van der Waals surface area contributed by atoms with Gasteiger partial charge in [-0.05, 0) is 0 Å². The molecule has 0 radical (unpaired) electrons. The topological polar surface area (TPSA) is 33.6 Å². The van der Waals surface area contributed by atoms with E-state index in [1.54, 1.807) is 13.3 Å². The molecule has 1 aliphatic heterocycles. The van der Waals surface area contributed by atoms with Crippen molar-refractivity contribution in [2.75, 3.05) is 7.11 Å². The van der Waals surface area contributed by atoms with Crippen molar-refractivity contribution in [2.45, 2.75) is 0 Å². The summed E-state index contributed by atoms with van der Waals surface area (Å²) < 4.78 is 4.73. The summed E-state index contributed by atoms with van der Waals surface area (Å²) in [7, 11) is 1.55. The number of nitrogens with zero attached hydrogens (tertiary/aromatic N) is 1. The van der Waals surface area contributed by atoms with Gasteiger partial charge in [0.25, 0.3) is 6.02 Å². The third-order valence-corrected chi connectivity index (χ3v) is 0.729. The summed E-state index contributed by atoms with van der Waals surface area (Å²) >= 11 is 0. The Morgan fingerprint density at radius 1 is 1.88 bits per heavy atom. The van der Waals surface area contributed by atoms with Gasteiger partial charge >= 0.3 is 0 Å². The van der Waals surface area contributed by atoms with Gasteiger partial charge in [-0.2, -0.15) is 4.99 Å². The highest BCUT2D eigenvalue weighted by Crippen LogP contribution is 1.81. The number of ether oxygens (including phenoxy) is 1. The fraction of sp³-hybridized carbons (Fsp3) is 0.200. The van der Waals surface area contributed by atoms with Gasteiger partial charge in [-0.25, -0.2) is 0 Å². The standard InChI is InChI=1S/C5H6N2O/c1-8-5-6-3-2-4-7-5/h3-4H,1H3,(H,6,7). The van der Waals surface area contributed by atoms with Crippen LogP contribution in [0.5, 0.6) is 0 Å². The molecule has 0 fully saturated rings. The molecule has 0 spiro atoms. The van der Waals surface area contributed by atoms with E-state index in [2.05, 4.69) is 16.0 Å². The minimum Gasteiger partial charge on any atom is -0.468 e. The lowest BCUT2D eigenvalue weighted by molar-refractivity contribution is 0.387. The minimum atomic E-state index is 0.503. The van der Waals surface area contributed by atoms with Crippen LogP contribution in [0, 0.1) is 0 Å². The number of methoxy groups -OCH3 is 1. The SMILES string of the molecule is COC1=NC=C=CN1.